The van der Waals surface area contributed by atoms with Crippen molar-refractivity contribution in [3.05, 3.63) is 326 Å². The molecule has 14 aromatic rings. The Hall–Kier alpha value is -14.7. The number of alkyl halides is 1. The molecule has 4 aliphatic rings. The lowest BCUT2D eigenvalue weighted by molar-refractivity contribution is -0.125. The molecule has 28 heteroatoms. The average Bonchev–Trinajstić information content (AvgIpc) is 1.64. The minimum Gasteiger partial charge on any atom is -0.497 e. The number of nitrogen functional groups attached to an aromatic ring is 4. The van der Waals surface area contributed by atoms with E-state index in [1.807, 2.05) is 135 Å². The van der Waals surface area contributed by atoms with Gasteiger partial charge in [0.1, 0.15) is 86.0 Å². The van der Waals surface area contributed by atoms with Crippen molar-refractivity contribution < 1.29 is 28.6 Å². The lowest BCUT2D eigenvalue weighted by Crippen LogP contribution is -2.29. The van der Waals surface area contributed by atoms with Crippen molar-refractivity contribution in [1.82, 2.24) is 77.5 Å². The number of nitrogens with one attached hydrogen (secondary N) is 1. The number of hydrogen-bond acceptors (Lipinski definition) is 19. The van der Waals surface area contributed by atoms with Crippen LogP contribution >= 0.6 is 27.5 Å². The smallest absolute Gasteiger partial charge is 0.410 e. The maximum absolute atomic E-state index is 12.7. The standard InChI is InChI=1S/C28H27N5O2.C23H23N5O.C20H21N5.C18H18BrN5O2.C10H10O.C4H7Cl/c1-19-14-20(2)16-22(15-19)8-9-24-25-26(29)30-11-13-33(25)27(31-24)23-10-12-32(17-23)28(34)35-18-21-6-4-3-5-7-21;1-4-20(29)27-9-7-18(14-27)23-26-19(21-22(24)25-8-10-28(21)23)6-5-17-12-15(2)11-16(3)13-17;1-13-9-14(2)11-15(10-13)3-4-17-18-19(21)23-7-8-25(18)20(24-17)16-5-6-22-12-16;19-15-14-16(20)21-7-9-24(14)17(22-15)13-6-8-23(10-13)18(25)26-11-12-4-2-1-3-5-12;1-4-9-5-8(2)6-10(7-9)11-3;1-3-4(2)5/h3-7,11,13-16,23H,10,12,17-18H2,1-2H3,(H2,29,30);4,8,10-13,18H,1,7,9,14H2,2-3H3,(H2,24,25);7-11,16,22H,5-6,12H2,1-2H3,(H2,21,23);1-5,7,9,13H,6,8,10-11H2,(H2,20,21);1,5-7H,2-3H3;3-4H,1H2,2H3/t23-;18-;16-;13-;;/m0000../s1. The minimum atomic E-state index is -0.312. The number of imidazole rings is 4. The zero-order valence-electron chi connectivity index (χ0n) is 75.0. The molecule has 18 rings (SSSR count). The number of fused-ring (bicyclic) bond motifs is 4. The van der Waals surface area contributed by atoms with Gasteiger partial charge in [-0.2, -0.15) is 0 Å². The Balaban J connectivity index is 0.000000141. The van der Waals surface area contributed by atoms with Crippen molar-refractivity contribution in [2.24, 2.45) is 0 Å². The van der Waals surface area contributed by atoms with E-state index in [1.165, 1.54) is 28.3 Å². The quantitative estimate of drug-likeness (QED) is 0.0348. The Morgan fingerprint density at radius 2 is 0.832 bits per heavy atom. The summed E-state index contributed by atoms with van der Waals surface area (Å²) in [7, 11) is 1.63. The zero-order valence-corrected chi connectivity index (χ0v) is 77.3. The van der Waals surface area contributed by atoms with E-state index in [9.17, 15) is 14.4 Å². The van der Waals surface area contributed by atoms with Gasteiger partial charge in [0.25, 0.3) is 0 Å². The number of likely N-dealkylation sites (tertiary alicyclic amines) is 3. The molecule has 4 saturated heterocycles. The number of nitrogens with two attached hydrogens (primary N) is 4. The van der Waals surface area contributed by atoms with Gasteiger partial charge in [0, 0.05) is 147 Å². The number of allylic oxidation sites excluding steroid dienone is 1. The molecule has 3 amide bonds. The van der Waals surface area contributed by atoms with Gasteiger partial charge in [-0.25, -0.2) is 49.5 Å². The maximum Gasteiger partial charge on any atom is 0.410 e. The van der Waals surface area contributed by atoms with Gasteiger partial charge in [-0.15, -0.1) is 24.6 Å². The number of carbonyl (C=O) groups excluding carboxylic acids is 3. The summed E-state index contributed by atoms with van der Waals surface area (Å²) < 4.78 is 24.6. The molecular formula is C103H106BrClN20O6. The van der Waals surface area contributed by atoms with E-state index in [0.29, 0.717) is 101 Å². The summed E-state index contributed by atoms with van der Waals surface area (Å²) in [6.45, 7) is 29.4. The van der Waals surface area contributed by atoms with Gasteiger partial charge in [0.2, 0.25) is 5.91 Å². The van der Waals surface area contributed by atoms with E-state index in [1.54, 1.807) is 52.7 Å². The minimum absolute atomic E-state index is 0.0466. The van der Waals surface area contributed by atoms with Crippen molar-refractivity contribution in [2.75, 3.05) is 82.4 Å². The van der Waals surface area contributed by atoms with Crippen LogP contribution in [0.4, 0.5) is 32.9 Å². The van der Waals surface area contributed by atoms with Crippen LogP contribution in [-0.4, -0.2) is 155 Å². The molecule has 8 aromatic heterocycles. The van der Waals surface area contributed by atoms with Gasteiger partial charge in [0.15, 0.2) is 23.3 Å². The summed E-state index contributed by atoms with van der Waals surface area (Å²) in [5.74, 6) is 28.6. The number of aryl methyl sites for hydroxylation is 7. The highest BCUT2D eigenvalue weighted by atomic mass is 79.9. The molecule has 0 spiro atoms. The molecule has 4 aliphatic heterocycles. The topological polar surface area (TPSA) is 325 Å². The number of terminal acetylenes is 1. The van der Waals surface area contributed by atoms with Gasteiger partial charge in [-0.1, -0.05) is 115 Å². The van der Waals surface area contributed by atoms with E-state index in [-0.39, 0.29) is 54.4 Å². The van der Waals surface area contributed by atoms with Crippen LogP contribution in [0, 0.1) is 96.3 Å². The Bertz CT molecular complexity index is 6710. The molecule has 0 bridgehead atoms. The second-order valence-corrected chi connectivity index (χ2v) is 34.1. The maximum atomic E-state index is 12.7. The lowest BCUT2D eigenvalue weighted by atomic mass is 10.1. The number of anilines is 4. The van der Waals surface area contributed by atoms with Crippen molar-refractivity contribution in [3.63, 3.8) is 0 Å². The van der Waals surface area contributed by atoms with Crippen LogP contribution in [0.1, 0.15) is 169 Å². The van der Waals surface area contributed by atoms with E-state index in [4.69, 9.17) is 70.1 Å². The molecule has 0 radical (unpaired) electrons. The van der Waals surface area contributed by atoms with Crippen LogP contribution in [0.2, 0.25) is 0 Å². The van der Waals surface area contributed by atoms with Gasteiger partial charge in [-0.05, 0) is 232 Å². The van der Waals surface area contributed by atoms with Gasteiger partial charge >= 0.3 is 12.2 Å². The number of nitrogens with zero attached hydrogens (tertiary/aromatic N) is 15. The summed E-state index contributed by atoms with van der Waals surface area (Å²) in [4.78, 5) is 78.1. The van der Waals surface area contributed by atoms with E-state index < -0.39 is 0 Å². The van der Waals surface area contributed by atoms with Crippen molar-refractivity contribution in [3.8, 4) is 53.6 Å². The third-order valence-electron chi connectivity index (χ3n) is 22.3. The SMILES string of the molecule is C#Cc1cc(C)cc(OC)c1.C=CC(=O)N1CC[C@H](c2nc(C#Cc3cc(C)cc(C)c3)c3c(N)nccn23)C1.C=CC(C)Cl.Cc1cc(C)cc(C#Cc2nc([C@H]3CCN(C(=O)OCc4ccccc4)C3)n3ccnc(N)c23)c1.Cc1cc(C)cc(C#Cc2nc([C@H]3CCNC3)n3ccnc(N)c23)c1.Nc1nccn2c([C@H]3CCN(C(=O)OCc4ccccc4)C3)nc(Br)c12. The monoisotopic (exact) mass is 1830 g/mol. The highest BCUT2D eigenvalue weighted by Crippen LogP contribution is 2.36. The van der Waals surface area contributed by atoms with Crippen LogP contribution in [-0.2, 0) is 27.5 Å². The number of benzene rings is 6. The Labute approximate surface area is 777 Å². The first-order valence-corrected chi connectivity index (χ1v) is 44.3. The fourth-order valence-electron chi connectivity index (χ4n) is 16.3. The van der Waals surface area contributed by atoms with Crippen LogP contribution < -0.4 is 33.0 Å². The number of halogens is 2. The van der Waals surface area contributed by atoms with Gasteiger partial charge in [-0.3, -0.25) is 22.4 Å². The fourth-order valence-corrected chi connectivity index (χ4v) is 16.8. The van der Waals surface area contributed by atoms with E-state index in [0.717, 1.165) is 129 Å². The predicted octanol–water partition coefficient (Wildman–Crippen LogP) is 16.7. The molecule has 12 heterocycles. The highest BCUT2D eigenvalue weighted by Gasteiger charge is 2.35. The number of methoxy groups -OCH3 is 1. The van der Waals surface area contributed by atoms with E-state index >= 15 is 0 Å². The Morgan fingerprint density at radius 1 is 0.489 bits per heavy atom. The van der Waals surface area contributed by atoms with Crippen LogP contribution in [0.25, 0.3) is 22.1 Å². The molecule has 9 N–H and O–H groups in total. The third-order valence-corrected chi connectivity index (χ3v) is 23.0. The Kier molecular flexibility index (Phi) is 31.4. The van der Waals surface area contributed by atoms with Crippen LogP contribution in [0.15, 0.2) is 213 Å². The first-order chi connectivity index (χ1) is 63.2. The highest BCUT2D eigenvalue weighted by molar-refractivity contribution is 9.10. The van der Waals surface area contributed by atoms with Gasteiger partial charge < -0.3 is 57.2 Å². The predicted molar refractivity (Wildman–Crippen MR) is 520 cm³/mol. The molecule has 668 valence electrons. The zero-order chi connectivity index (χ0) is 92.9. The molecule has 26 nitrogen and oxygen atoms in total. The Morgan fingerprint density at radius 3 is 1.19 bits per heavy atom. The van der Waals surface area contributed by atoms with Gasteiger partial charge in [0.05, 0.1) is 7.11 Å². The first kappa shape index (κ1) is 93.9. The fraction of sp³-hybridized carbons (Fsp3) is 0.272. The van der Waals surface area contributed by atoms with Crippen LogP contribution in [0.5, 0.6) is 5.75 Å². The molecule has 0 saturated carbocycles. The average molecular weight is 1840 g/mol. The lowest BCUT2D eigenvalue weighted by Gasteiger charge is -2.16. The summed E-state index contributed by atoms with van der Waals surface area (Å²) in [6, 6.07) is 43.8. The third kappa shape index (κ3) is 24.0. The molecule has 6 aromatic carbocycles. The second-order valence-electron chi connectivity index (χ2n) is 32.6. The molecular weight excluding hydrogens is 1730 g/mol. The largest absolute Gasteiger partial charge is 0.497 e. The molecule has 0 aliphatic carbocycles. The molecule has 4 fully saturated rings. The second kappa shape index (κ2) is 43.8. The summed E-state index contributed by atoms with van der Waals surface area (Å²) in [5.41, 5.74) is 43.2. The first-order valence-electron chi connectivity index (χ1n) is 43.1. The van der Waals surface area contributed by atoms with Crippen molar-refractivity contribution in [2.45, 2.75) is 123 Å². The normalized spacial score (nSPS) is 15.4. The number of aromatic nitrogens is 12. The summed E-state index contributed by atoms with van der Waals surface area (Å²) in [6.07, 6.45) is 25.4. The van der Waals surface area contributed by atoms with Crippen LogP contribution in [0.3, 0.4) is 0 Å². The number of hydrogen-bond donors (Lipinski definition) is 5. The molecule has 131 heavy (non-hydrogen) atoms. The number of carbonyl (C=O) groups is 3. The number of ether oxygens (including phenoxy) is 3. The summed E-state index contributed by atoms with van der Waals surface area (Å²) >= 11 is 8.80. The van der Waals surface area contributed by atoms with Crippen molar-refractivity contribution >= 4 is 91.0 Å². The number of rotatable bonds is 11. The molecule has 5 atom stereocenters. The summed E-state index contributed by atoms with van der Waals surface area (Å²) in [5, 5.41) is 3.51. The molecule has 1 unspecified atom stereocenters. The van der Waals surface area contributed by atoms with Crippen molar-refractivity contribution in [1.29, 1.82) is 0 Å². The van der Waals surface area contributed by atoms with E-state index in [2.05, 4.69) is 197 Å². The number of amides is 3.